The van der Waals surface area contributed by atoms with E-state index in [4.69, 9.17) is 0 Å². The maximum Gasteiger partial charge on any atom is 0.151 e. The first-order valence-electron chi connectivity index (χ1n) is 2.68. The largest absolute Gasteiger partial charge is 0.298 e. The highest BCUT2D eigenvalue weighted by Gasteiger charge is 1.97. The predicted octanol–water partition coefficient (Wildman–Crippen LogP) is 1.93. The van der Waals surface area contributed by atoms with Crippen molar-refractivity contribution in [3.63, 3.8) is 0 Å². The van der Waals surface area contributed by atoms with Crippen molar-refractivity contribution < 1.29 is 9.18 Å². The molecule has 10 heavy (non-hydrogen) atoms. The molecule has 1 aromatic carbocycles. The summed E-state index contributed by atoms with van der Waals surface area (Å²) in [5.41, 5.74) is 0.407. The molecule has 1 nitrogen and oxygen atoms in total. The fraction of sp³-hybridized carbons (Fsp3) is 0. The lowest BCUT2D eigenvalue weighted by Gasteiger charge is -1.94. The van der Waals surface area contributed by atoms with E-state index in [9.17, 15) is 9.18 Å². The number of halogens is 1. The summed E-state index contributed by atoms with van der Waals surface area (Å²) < 4.78 is 12.3. The van der Waals surface area contributed by atoms with E-state index in [1.165, 1.54) is 18.2 Å². The van der Waals surface area contributed by atoms with Crippen LogP contribution >= 0.6 is 12.6 Å². The van der Waals surface area contributed by atoms with E-state index >= 15 is 0 Å². The van der Waals surface area contributed by atoms with Gasteiger partial charge in [-0.25, -0.2) is 4.39 Å². The van der Waals surface area contributed by atoms with Crippen molar-refractivity contribution in [3.8, 4) is 0 Å². The highest BCUT2D eigenvalue weighted by Crippen LogP contribution is 2.12. The van der Waals surface area contributed by atoms with Crippen LogP contribution in [-0.2, 0) is 0 Å². The molecule has 0 N–H and O–H groups in total. The first-order chi connectivity index (χ1) is 4.74. The second kappa shape index (κ2) is 2.84. The third kappa shape index (κ3) is 1.36. The standard InChI is InChI=1S/C7H5FOS/c8-6-2-1-5(4-9)7(10)3-6/h1-4,10H. The SMILES string of the molecule is O=Cc1ccc(F)cc1S. The van der Waals surface area contributed by atoms with Gasteiger partial charge in [0.1, 0.15) is 5.82 Å². The van der Waals surface area contributed by atoms with E-state index in [-0.39, 0.29) is 5.82 Å². The van der Waals surface area contributed by atoms with Crippen LogP contribution in [0.15, 0.2) is 23.1 Å². The maximum absolute atomic E-state index is 12.3. The van der Waals surface area contributed by atoms with Crippen LogP contribution in [0.5, 0.6) is 0 Å². The van der Waals surface area contributed by atoms with Gasteiger partial charge in [-0.3, -0.25) is 4.79 Å². The number of hydrogen-bond donors (Lipinski definition) is 1. The molecule has 0 atom stereocenters. The monoisotopic (exact) mass is 156 g/mol. The van der Waals surface area contributed by atoms with Crippen molar-refractivity contribution in [1.82, 2.24) is 0 Å². The third-order valence-corrected chi connectivity index (χ3v) is 1.51. The number of rotatable bonds is 1. The number of thiol groups is 1. The minimum absolute atomic E-state index is 0.370. The van der Waals surface area contributed by atoms with Crippen LogP contribution in [-0.4, -0.2) is 6.29 Å². The van der Waals surface area contributed by atoms with Crippen molar-refractivity contribution in [1.29, 1.82) is 0 Å². The Hall–Kier alpha value is -0.830. The van der Waals surface area contributed by atoms with E-state index < -0.39 is 0 Å². The summed E-state index contributed by atoms with van der Waals surface area (Å²) in [5.74, 6) is -0.379. The topological polar surface area (TPSA) is 17.1 Å². The second-order valence-electron chi connectivity index (χ2n) is 1.82. The molecule has 0 aliphatic heterocycles. The van der Waals surface area contributed by atoms with Crippen molar-refractivity contribution in [2.75, 3.05) is 0 Å². The van der Waals surface area contributed by atoms with Crippen molar-refractivity contribution in [2.45, 2.75) is 4.90 Å². The van der Waals surface area contributed by atoms with Crippen molar-refractivity contribution in [3.05, 3.63) is 29.6 Å². The lowest BCUT2D eigenvalue weighted by molar-refractivity contribution is 0.112. The van der Waals surface area contributed by atoms with E-state index in [1.807, 2.05) is 0 Å². The first-order valence-corrected chi connectivity index (χ1v) is 3.12. The average Bonchev–Trinajstić information content (AvgIpc) is 1.88. The van der Waals surface area contributed by atoms with Crippen LogP contribution < -0.4 is 0 Å². The van der Waals surface area contributed by atoms with Gasteiger partial charge >= 0.3 is 0 Å². The molecular formula is C7H5FOS. The van der Waals surface area contributed by atoms with Gasteiger partial charge in [0.15, 0.2) is 6.29 Å². The van der Waals surface area contributed by atoms with Crippen LogP contribution in [0.1, 0.15) is 10.4 Å². The normalized spacial score (nSPS) is 9.40. The molecule has 0 radical (unpaired) electrons. The number of hydrogen-bond acceptors (Lipinski definition) is 2. The number of carbonyl (C=O) groups is 1. The number of aldehydes is 1. The molecule has 0 bridgehead atoms. The summed E-state index contributed by atoms with van der Waals surface area (Å²) in [7, 11) is 0. The fourth-order valence-corrected chi connectivity index (χ4v) is 0.867. The van der Waals surface area contributed by atoms with Crippen LogP contribution in [0.4, 0.5) is 4.39 Å². The third-order valence-electron chi connectivity index (χ3n) is 1.12. The van der Waals surface area contributed by atoms with E-state index in [0.29, 0.717) is 16.7 Å². The molecule has 0 saturated carbocycles. The zero-order chi connectivity index (χ0) is 7.56. The van der Waals surface area contributed by atoms with Gasteiger partial charge in [0.05, 0.1) is 0 Å². The summed E-state index contributed by atoms with van der Waals surface area (Å²) in [4.78, 5) is 10.5. The fourth-order valence-electron chi connectivity index (χ4n) is 0.616. The van der Waals surface area contributed by atoms with E-state index in [1.54, 1.807) is 0 Å². The summed E-state index contributed by atoms with van der Waals surface area (Å²) >= 11 is 3.88. The average molecular weight is 156 g/mol. The minimum Gasteiger partial charge on any atom is -0.298 e. The van der Waals surface area contributed by atoms with Gasteiger partial charge in [-0.1, -0.05) is 0 Å². The van der Waals surface area contributed by atoms with Gasteiger partial charge in [0, 0.05) is 10.5 Å². The van der Waals surface area contributed by atoms with Gasteiger partial charge in [0.25, 0.3) is 0 Å². The molecule has 0 fully saturated rings. The van der Waals surface area contributed by atoms with Gasteiger partial charge in [0.2, 0.25) is 0 Å². The molecule has 0 spiro atoms. The summed E-state index contributed by atoms with van der Waals surface area (Å²) in [5, 5.41) is 0. The molecule has 1 aromatic rings. The molecule has 1 rings (SSSR count). The molecule has 0 aliphatic rings. The predicted molar refractivity (Wildman–Crippen MR) is 39.0 cm³/mol. The second-order valence-corrected chi connectivity index (χ2v) is 2.30. The number of benzene rings is 1. The Morgan fingerprint density at radius 2 is 2.20 bits per heavy atom. The maximum atomic E-state index is 12.3. The minimum atomic E-state index is -0.379. The molecule has 0 heterocycles. The molecular weight excluding hydrogens is 151 g/mol. The van der Waals surface area contributed by atoms with Gasteiger partial charge in [-0.15, -0.1) is 12.6 Å². The molecule has 0 aromatic heterocycles. The van der Waals surface area contributed by atoms with Gasteiger partial charge in [-0.2, -0.15) is 0 Å². The Balaban J connectivity index is 3.19. The van der Waals surface area contributed by atoms with Gasteiger partial charge in [-0.05, 0) is 18.2 Å². The lowest BCUT2D eigenvalue weighted by Crippen LogP contribution is -1.83. The number of carbonyl (C=O) groups excluding carboxylic acids is 1. The summed E-state index contributed by atoms with van der Waals surface area (Å²) in [6, 6.07) is 3.82. The zero-order valence-electron chi connectivity index (χ0n) is 5.04. The lowest BCUT2D eigenvalue weighted by atomic mass is 10.2. The molecule has 3 heteroatoms. The Kier molecular flexibility index (Phi) is 2.06. The van der Waals surface area contributed by atoms with E-state index in [2.05, 4.69) is 12.6 Å². The molecule has 52 valence electrons. The van der Waals surface area contributed by atoms with Crippen LogP contribution in [0.3, 0.4) is 0 Å². The van der Waals surface area contributed by atoms with Gasteiger partial charge < -0.3 is 0 Å². The van der Waals surface area contributed by atoms with E-state index in [0.717, 1.165) is 0 Å². The molecule has 0 amide bonds. The Morgan fingerprint density at radius 1 is 1.50 bits per heavy atom. The Morgan fingerprint density at radius 3 is 2.70 bits per heavy atom. The van der Waals surface area contributed by atoms with Crippen LogP contribution in [0, 0.1) is 5.82 Å². The Bertz CT molecular complexity index is 260. The summed E-state index contributed by atoms with van der Waals surface area (Å²) in [6.07, 6.45) is 0.641. The highest BCUT2D eigenvalue weighted by atomic mass is 32.1. The highest BCUT2D eigenvalue weighted by molar-refractivity contribution is 7.80. The zero-order valence-corrected chi connectivity index (χ0v) is 5.94. The molecule has 0 saturated heterocycles. The molecule has 0 aliphatic carbocycles. The summed E-state index contributed by atoms with van der Waals surface area (Å²) in [6.45, 7) is 0. The van der Waals surface area contributed by atoms with Crippen LogP contribution in [0.2, 0.25) is 0 Å². The quantitative estimate of drug-likeness (QED) is 0.485. The Labute approximate surface area is 63.3 Å². The molecule has 0 unspecified atom stereocenters. The van der Waals surface area contributed by atoms with Crippen molar-refractivity contribution >= 4 is 18.9 Å². The first kappa shape index (κ1) is 7.28. The smallest absolute Gasteiger partial charge is 0.151 e. The van der Waals surface area contributed by atoms with Crippen molar-refractivity contribution in [2.24, 2.45) is 0 Å². The van der Waals surface area contributed by atoms with Crippen LogP contribution in [0.25, 0.3) is 0 Å².